The third kappa shape index (κ3) is 5.39. The van der Waals surface area contributed by atoms with Gasteiger partial charge in [0.15, 0.2) is 11.5 Å². The van der Waals surface area contributed by atoms with Crippen molar-refractivity contribution in [3.8, 4) is 17.2 Å². The number of nitrogens with one attached hydrogen (secondary N) is 1. The lowest BCUT2D eigenvalue weighted by Gasteiger charge is -2.14. The van der Waals surface area contributed by atoms with Crippen LogP contribution >= 0.6 is 15.9 Å². The lowest BCUT2D eigenvalue weighted by atomic mass is 10.1. The van der Waals surface area contributed by atoms with Crippen molar-refractivity contribution in [1.82, 2.24) is 0 Å². The predicted octanol–water partition coefficient (Wildman–Crippen LogP) is 4.44. The van der Waals surface area contributed by atoms with E-state index in [-0.39, 0.29) is 12.3 Å². The molecule has 0 fully saturated rings. The average Bonchev–Trinajstić information content (AvgIpc) is 2.60. The van der Waals surface area contributed by atoms with Gasteiger partial charge in [0, 0.05) is 10.2 Å². The van der Waals surface area contributed by atoms with Crippen LogP contribution in [0.4, 0.5) is 5.69 Å². The Kier molecular flexibility index (Phi) is 7.13. The number of ether oxygens (including phenoxy) is 3. The third-order valence-corrected chi connectivity index (χ3v) is 4.18. The Morgan fingerprint density at radius 1 is 1.04 bits per heavy atom. The van der Waals surface area contributed by atoms with E-state index in [1.807, 2.05) is 26.0 Å². The largest absolute Gasteiger partial charge is 0.497 e. The monoisotopic (exact) mass is 407 g/mol. The quantitative estimate of drug-likeness (QED) is 0.702. The summed E-state index contributed by atoms with van der Waals surface area (Å²) in [6, 6.07) is 10.9. The molecule has 0 aliphatic rings. The van der Waals surface area contributed by atoms with Crippen LogP contribution in [0.1, 0.15) is 19.4 Å². The molecule has 25 heavy (non-hydrogen) atoms. The average molecular weight is 408 g/mol. The van der Waals surface area contributed by atoms with Crippen LogP contribution in [0.25, 0.3) is 0 Å². The summed E-state index contributed by atoms with van der Waals surface area (Å²) in [6.07, 6.45) is 0.221. The molecule has 0 heterocycles. The molecule has 0 aliphatic heterocycles. The molecular formula is C19H22BrNO4. The topological polar surface area (TPSA) is 56.8 Å². The van der Waals surface area contributed by atoms with Crippen LogP contribution in [0.2, 0.25) is 0 Å². The van der Waals surface area contributed by atoms with Gasteiger partial charge in [0.05, 0.1) is 26.7 Å². The van der Waals surface area contributed by atoms with E-state index < -0.39 is 0 Å². The standard InChI is InChI=1S/C19H22BrNO4/c1-4-24-17-10-13(16(20)12-18(17)25-5-2)11-19(22)21-14-6-8-15(23-3)9-7-14/h6-10,12H,4-5,11H2,1-3H3,(H,21,22). The summed E-state index contributed by atoms with van der Waals surface area (Å²) in [6.45, 7) is 4.90. The van der Waals surface area contributed by atoms with Crippen molar-refractivity contribution < 1.29 is 19.0 Å². The number of hydrogen-bond donors (Lipinski definition) is 1. The first-order valence-corrected chi connectivity index (χ1v) is 8.88. The summed E-state index contributed by atoms with van der Waals surface area (Å²) in [5.74, 6) is 1.93. The summed E-state index contributed by atoms with van der Waals surface area (Å²) in [7, 11) is 1.60. The molecule has 0 aromatic heterocycles. The molecule has 2 aromatic rings. The van der Waals surface area contributed by atoms with Crippen molar-refractivity contribution in [3.05, 3.63) is 46.4 Å². The Balaban J connectivity index is 2.11. The summed E-state index contributed by atoms with van der Waals surface area (Å²) in [5.41, 5.74) is 1.55. The Hall–Kier alpha value is -2.21. The van der Waals surface area contributed by atoms with Gasteiger partial charge < -0.3 is 19.5 Å². The van der Waals surface area contributed by atoms with Crippen LogP contribution in [0.15, 0.2) is 40.9 Å². The highest BCUT2D eigenvalue weighted by atomic mass is 79.9. The first kappa shape index (κ1) is 19.1. The van der Waals surface area contributed by atoms with Crippen molar-refractivity contribution in [2.75, 3.05) is 25.6 Å². The maximum atomic E-state index is 12.3. The Labute approximate surface area is 156 Å². The number of amides is 1. The van der Waals surface area contributed by atoms with Crippen LogP contribution in [0.3, 0.4) is 0 Å². The van der Waals surface area contributed by atoms with Crippen LogP contribution < -0.4 is 19.5 Å². The molecule has 5 nitrogen and oxygen atoms in total. The second-order valence-electron chi connectivity index (χ2n) is 5.21. The highest BCUT2D eigenvalue weighted by molar-refractivity contribution is 9.10. The number of rotatable bonds is 8. The lowest BCUT2D eigenvalue weighted by molar-refractivity contribution is -0.115. The minimum atomic E-state index is -0.113. The lowest BCUT2D eigenvalue weighted by Crippen LogP contribution is -2.15. The van der Waals surface area contributed by atoms with Gasteiger partial charge in [-0.15, -0.1) is 0 Å². The first-order chi connectivity index (χ1) is 12.1. The molecule has 0 spiro atoms. The Bertz CT molecular complexity index is 716. The minimum Gasteiger partial charge on any atom is -0.497 e. The van der Waals surface area contributed by atoms with E-state index >= 15 is 0 Å². The summed E-state index contributed by atoms with van der Waals surface area (Å²) in [5, 5.41) is 2.87. The fourth-order valence-corrected chi connectivity index (χ4v) is 2.76. The number of halogens is 1. The van der Waals surface area contributed by atoms with Crippen LogP contribution in [0.5, 0.6) is 17.2 Å². The highest BCUT2D eigenvalue weighted by Gasteiger charge is 2.13. The number of carbonyl (C=O) groups excluding carboxylic acids is 1. The fraction of sp³-hybridized carbons (Fsp3) is 0.316. The van der Waals surface area contributed by atoms with E-state index in [9.17, 15) is 4.79 Å². The van der Waals surface area contributed by atoms with Crippen LogP contribution in [-0.2, 0) is 11.2 Å². The number of benzene rings is 2. The molecule has 6 heteroatoms. The number of carbonyl (C=O) groups is 1. The molecule has 2 rings (SSSR count). The zero-order chi connectivity index (χ0) is 18.2. The number of methoxy groups -OCH3 is 1. The van der Waals surface area contributed by atoms with E-state index in [2.05, 4.69) is 21.2 Å². The minimum absolute atomic E-state index is 0.113. The van der Waals surface area contributed by atoms with Gasteiger partial charge in [-0.2, -0.15) is 0 Å². The summed E-state index contributed by atoms with van der Waals surface area (Å²) in [4.78, 5) is 12.3. The Morgan fingerprint density at radius 3 is 2.20 bits per heavy atom. The number of anilines is 1. The van der Waals surface area contributed by atoms with Gasteiger partial charge in [0.25, 0.3) is 0 Å². The molecule has 0 saturated carbocycles. The predicted molar refractivity (Wildman–Crippen MR) is 102 cm³/mol. The van der Waals surface area contributed by atoms with Crippen molar-refractivity contribution in [3.63, 3.8) is 0 Å². The fourth-order valence-electron chi connectivity index (χ4n) is 2.30. The van der Waals surface area contributed by atoms with Gasteiger partial charge in [0.2, 0.25) is 5.91 Å². The van der Waals surface area contributed by atoms with Gasteiger partial charge in [-0.1, -0.05) is 15.9 Å². The Morgan fingerprint density at radius 2 is 1.64 bits per heavy atom. The maximum absolute atomic E-state index is 12.3. The van der Waals surface area contributed by atoms with Gasteiger partial charge in [-0.05, 0) is 55.8 Å². The molecule has 1 amide bonds. The summed E-state index contributed by atoms with van der Waals surface area (Å²) >= 11 is 3.50. The van der Waals surface area contributed by atoms with E-state index in [0.717, 1.165) is 21.5 Å². The third-order valence-electron chi connectivity index (χ3n) is 3.44. The molecule has 1 N–H and O–H groups in total. The second-order valence-corrected chi connectivity index (χ2v) is 6.06. The second kappa shape index (κ2) is 9.32. The highest BCUT2D eigenvalue weighted by Crippen LogP contribution is 2.34. The SMILES string of the molecule is CCOc1cc(Br)c(CC(=O)Nc2ccc(OC)cc2)cc1OCC. The normalized spacial score (nSPS) is 10.2. The van der Waals surface area contributed by atoms with Gasteiger partial charge >= 0.3 is 0 Å². The van der Waals surface area contributed by atoms with Gasteiger partial charge in [-0.3, -0.25) is 4.79 Å². The smallest absolute Gasteiger partial charge is 0.228 e. The van der Waals surface area contributed by atoms with E-state index in [4.69, 9.17) is 14.2 Å². The van der Waals surface area contributed by atoms with Crippen LogP contribution in [0, 0.1) is 0 Å². The maximum Gasteiger partial charge on any atom is 0.228 e. The number of hydrogen-bond acceptors (Lipinski definition) is 4. The molecule has 0 atom stereocenters. The zero-order valence-electron chi connectivity index (χ0n) is 14.6. The van der Waals surface area contributed by atoms with Crippen LogP contribution in [-0.4, -0.2) is 26.2 Å². The van der Waals surface area contributed by atoms with Crippen molar-refractivity contribution >= 4 is 27.5 Å². The first-order valence-electron chi connectivity index (χ1n) is 8.09. The summed E-state index contributed by atoms with van der Waals surface area (Å²) < 4.78 is 17.1. The molecule has 0 aliphatic carbocycles. The van der Waals surface area contributed by atoms with Crippen molar-refractivity contribution in [2.45, 2.75) is 20.3 Å². The molecule has 0 bridgehead atoms. The van der Waals surface area contributed by atoms with Crippen molar-refractivity contribution in [2.24, 2.45) is 0 Å². The molecule has 0 radical (unpaired) electrons. The molecule has 2 aromatic carbocycles. The molecule has 0 saturated heterocycles. The van der Waals surface area contributed by atoms with Gasteiger partial charge in [-0.25, -0.2) is 0 Å². The molecule has 134 valence electrons. The van der Waals surface area contributed by atoms with E-state index in [1.165, 1.54) is 0 Å². The van der Waals surface area contributed by atoms with Crippen molar-refractivity contribution in [1.29, 1.82) is 0 Å². The zero-order valence-corrected chi connectivity index (χ0v) is 16.2. The molecule has 0 unspecified atom stereocenters. The van der Waals surface area contributed by atoms with Gasteiger partial charge in [0.1, 0.15) is 5.75 Å². The molecular weight excluding hydrogens is 386 g/mol. The van der Waals surface area contributed by atoms with E-state index in [0.29, 0.717) is 24.7 Å². The van der Waals surface area contributed by atoms with E-state index in [1.54, 1.807) is 31.4 Å².